The standard InChI is InChI=1S/C15H19N3OS/c1-3-4-14(19)18-13-7-5-12(6-8-13)10-17-15-16-9-11(2)20-15/h5-9H,3-4,10H2,1-2H3,(H,16,17)(H,18,19). The average Bonchev–Trinajstić information content (AvgIpc) is 2.84. The molecule has 0 radical (unpaired) electrons. The Labute approximate surface area is 123 Å². The van der Waals surface area contributed by atoms with Crippen LogP contribution in [0.5, 0.6) is 0 Å². The fourth-order valence-corrected chi connectivity index (χ4v) is 2.43. The Kier molecular flexibility index (Phi) is 5.12. The number of nitrogens with one attached hydrogen (secondary N) is 2. The molecule has 5 heteroatoms. The maximum absolute atomic E-state index is 11.5. The number of nitrogens with zero attached hydrogens (tertiary/aromatic N) is 1. The summed E-state index contributed by atoms with van der Waals surface area (Å²) in [4.78, 5) is 16.9. The largest absolute Gasteiger partial charge is 0.357 e. The van der Waals surface area contributed by atoms with Gasteiger partial charge in [0.15, 0.2) is 5.13 Å². The van der Waals surface area contributed by atoms with Gasteiger partial charge in [-0.05, 0) is 31.0 Å². The van der Waals surface area contributed by atoms with Gasteiger partial charge in [0, 0.05) is 29.7 Å². The molecule has 20 heavy (non-hydrogen) atoms. The van der Waals surface area contributed by atoms with Crippen molar-refractivity contribution >= 4 is 28.1 Å². The van der Waals surface area contributed by atoms with Gasteiger partial charge in [-0.2, -0.15) is 0 Å². The summed E-state index contributed by atoms with van der Waals surface area (Å²) >= 11 is 1.64. The Morgan fingerprint density at radius 1 is 1.30 bits per heavy atom. The zero-order chi connectivity index (χ0) is 14.4. The fourth-order valence-electron chi connectivity index (χ4n) is 1.77. The first-order valence-corrected chi connectivity index (χ1v) is 7.54. The highest BCUT2D eigenvalue weighted by atomic mass is 32.1. The Morgan fingerprint density at radius 2 is 2.05 bits per heavy atom. The Balaban J connectivity index is 1.86. The monoisotopic (exact) mass is 289 g/mol. The molecule has 0 aliphatic rings. The lowest BCUT2D eigenvalue weighted by molar-refractivity contribution is -0.116. The first kappa shape index (κ1) is 14.5. The number of amides is 1. The van der Waals surface area contributed by atoms with Crippen LogP contribution in [-0.4, -0.2) is 10.9 Å². The topological polar surface area (TPSA) is 54.0 Å². The van der Waals surface area contributed by atoms with Crippen LogP contribution in [0.2, 0.25) is 0 Å². The number of aryl methyl sites for hydroxylation is 1. The van der Waals surface area contributed by atoms with Crippen LogP contribution < -0.4 is 10.6 Å². The highest BCUT2D eigenvalue weighted by Crippen LogP contribution is 2.18. The number of thiazole rings is 1. The van der Waals surface area contributed by atoms with Crippen molar-refractivity contribution in [2.24, 2.45) is 0 Å². The lowest BCUT2D eigenvalue weighted by Gasteiger charge is -2.06. The zero-order valence-electron chi connectivity index (χ0n) is 11.8. The zero-order valence-corrected chi connectivity index (χ0v) is 12.6. The normalized spacial score (nSPS) is 10.3. The van der Waals surface area contributed by atoms with E-state index in [2.05, 4.69) is 15.6 Å². The van der Waals surface area contributed by atoms with Gasteiger partial charge in [-0.15, -0.1) is 11.3 Å². The van der Waals surface area contributed by atoms with Crippen molar-refractivity contribution in [3.05, 3.63) is 40.9 Å². The van der Waals surface area contributed by atoms with Crippen LogP contribution in [0.4, 0.5) is 10.8 Å². The van der Waals surface area contributed by atoms with Gasteiger partial charge in [-0.1, -0.05) is 19.1 Å². The molecule has 2 rings (SSSR count). The average molecular weight is 289 g/mol. The molecule has 4 nitrogen and oxygen atoms in total. The number of rotatable bonds is 6. The second kappa shape index (κ2) is 7.05. The summed E-state index contributed by atoms with van der Waals surface area (Å²) in [5, 5.41) is 7.09. The van der Waals surface area contributed by atoms with Gasteiger partial charge in [-0.3, -0.25) is 4.79 Å². The second-order valence-electron chi connectivity index (χ2n) is 4.62. The van der Waals surface area contributed by atoms with E-state index in [0.717, 1.165) is 29.3 Å². The highest BCUT2D eigenvalue weighted by molar-refractivity contribution is 7.15. The molecule has 0 atom stereocenters. The van der Waals surface area contributed by atoms with E-state index >= 15 is 0 Å². The molecule has 0 aliphatic heterocycles. The molecule has 0 unspecified atom stereocenters. The first-order valence-electron chi connectivity index (χ1n) is 6.72. The predicted octanol–water partition coefficient (Wildman–Crippen LogP) is 3.80. The maximum atomic E-state index is 11.5. The van der Waals surface area contributed by atoms with Crippen molar-refractivity contribution in [1.82, 2.24) is 4.98 Å². The Bertz CT molecular complexity index is 563. The summed E-state index contributed by atoms with van der Waals surface area (Å²) in [5.74, 6) is 0.0663. The molecule has 2 N–H and O–H groups in total. The van der Waals surface area contributed by atoms with E-state index in [1.807, 2.05) is 44.3 Å². The minimum Gasteiger partial charge on any atom is -0.357 e. The van der Waals surface area contributed by atoms with E-state index in [1.54, 1.807) is 11.3 Å². The number of anilines is 2. The van der Waals surface area contributed by atoms with Gasteiger partial charge in [0.25, 0.3) is 0 Å². The number of carbonyl (C=O) groups excluding carboxylic acids is 1. The molecule has 0 saturated heterocycles. The van der Waals surface area contributed by atoms with Gasteiger partial charge in [0.1, 0.15) is 0 Å². The van der Waals surface area contributed by atoms with Gasteiger partial charge in [0.2, 0.25) is 5.91 Å². The van der Waals surface area contributed by atoms with Crippen LogP contribution in [-0.2, 0) is 11.3 Å². The molecule has 1 amide bonds. The molecule has 1 aromatic heterocycles. The van der Waals surface area contributed by atoms with Crippen LogP contribution in [0.15, 0.2) is 30.5 Å². The van der Waals surface area contributed by atoms with Crippen LogP contribution in [0.1, 0.15) is 30.2 Å². The molecule has 1 aromatic carbocycles. The van der Waals surface area contributed by atoms with Crippen molar-refractivity contribution in [1.29, 1.82) is 0 Å². The lowest BCUT2D eigenvalue weighted by atomic mass is 10.2. The second-order valence-corrected chi connectivity index (χ2v) is 5.86. The van der Waals surface area contributed by atoms with E-state index in [-0.39, 0.29) is 5.91 Å². The summed E-state index contributed by atoms with van der Waals surface area (Å²) in [6.07, 6.45) is 3.28. The minimum atomic E-state index is 0.0663. The van der Waals surface area contributed by atoms with Crippen molar-refractivity contribution in [3.8, 4) is 0 Å². The molecule has 0 bridgehead atoms. The van der Waals surface area contributed by atoms with Crippen molar-refractivity contribution < 1.29 is 4.79 Å². The summed E-state index contributed by atoms with van der Waals surface area (Å²) in [6, 6.07) is 7.87. The maximum Gasteiger partial charge on any atom is 0.224 e. The summed E-state index contributed by atoms with van der Waals surface area (Å²) in [5.41, 5.74) is 2.00. The minimum absolute atomic E-state index is 0.0663. The molecule has 106 valence electrons. The van der Waals surface area contributed by atoms with Gasteiger partial charge in [-0.25, -0.2) is 4.98 Å². The third kappa shape index (κ3) is 4.35. The van der Waals surface area contributed by atoms with Crippen LogP contribution in [0.3, 0.4) is 0 Å². The Hall–Kier alpha value is -1.88. The van der Waals surface area contributed by atoms with E-state index < -0.39 is 0 Å². The molecule has 0 aliphatic carbocycles. The van der Waals surface area contributed by atoms with Gasteiger partial charge in [0.05, 0.1) is 0 Å². The van der Waals surface area contributed by atoms with Crippen LogP contribution in [0, 0.1) is 6.92 Å². The Morgan fingerprint density at radius 3 is 2.65 bits per heavy atom. The van der Waals surface area contributed by atoms with E-state index in [9.17, 15) is 4.79 Å². The van der Waals surface area contributed by atoms with Crippen molar-refractivity contribution in [2.75, 3.05) is 10.6 Å². The summed E-state index contributed by atoms with van der Waals surface area (Å²) < 4.78 is 0. The molecular weight excluding hydrogens is 270 g/mol. The number of hydrogen-bond acceptors (Lipinski definition) is 4. The summed E-state index contributed by atoms with van der Waals surface area (Å²) in [7, 11) is 0. The van der Waals surface area contributed by atoms with Crippen molar-refractivity contribution in [2.45, 2.75) is 33.2 Å². The van der Waals surface area contributed by atoms with Crippen LogP contribution >= 0.6 is 11.3 Å². The third-order valence-corrected chi connectivity index (χ3v) is 3.65. The number of carbonyl (C=O) groups is 1. The van der Waals surface area contributed by atoms with E-state index in [1.165, 1.54) is 4.88 Å². The third-order valence-electron chi connectivity index (χ3n) is 2.78. The fraction of sp³-hybridized carbons (Fsp3) is 0.333. The molecule has 0 saturated carbocycles. The molecule has 0 fully saturated rings. The SMILES string of the molecule is CCCC(=O)Nc1ccc(CNc2ncc(C)s2)cc1. The van der Waals surface area contributed by atoms with Crippen LogP contribution in [0.25, 0.3) is 0 Å². The number of aromatic nitrogens is 1. The molecule has 2 aromatic rings. The smallest absolute Gasteiger partial charge is 0.224 e. The van der Waals surface area contributed by atoms with E-state index in [0.29, 0.717) is 6.42 Å². The number of benzene rings is 1. The molecule has 0 spiro atoms. The molecule has 1 heterocycles. The number of hydrogen-bond donors (Lipinski definition) is 2. The lowest BCUT2D eigenvalue weighted by Crippen LogP contribution is -2.10. The molecular formula is C15H19N3OS. The summed E-state index contributed by atoms with van der Waals surface area (Å²) in [6.45, 7) is 4.77. The van der Waals surface area contributed by atoms with E-state index in [4.69, 9.17) is 0 Å². The van der Waals surface area contributed by atoms with Gasteiger partial charge >= 0.3 is 0 Å². The van der Waals surface area contributed by atoms with Crippen molar-refractivity contribution in [3.63, 3.8) is 0 Å². The predicted molar refractivity (Wildman–Crippen MR) is 84.2 cm³/mol. The first-order chi connectivity index (χ1) is 9.67. The van der Waals surface area contributed by atoms with Gasteiger partial charge < -0.3 is 10.6 Å². The highest BCUT2D eigenvalue weighted by Gasteiger charge is 2.01. The quantitative estimate of drug-likeness (QED) is 0.850.